The summed E-state index contributed by atoms with van der Waals surface area (Å²) < 4.78 is 7.78. The third kappa shape index (κ3) is 3.97. The number of hydrogen-bond acceptors (Lipinski definition) is 3. The molecule has 2 N–H and O–H groups in total. The number of aromatic nitrogens is 2. The highest BCUT2D eigenvalue weighted by atomic mass is 16.5. The first-order chi connectivity index (χ1) is 10.3. The van der Waals surface area contributed by atoms with Gasteiger partial charge in [-0.1, -0.05) is 0 Å². The highest BCUT2D eigenvalue weighted by Crippen LogP contribution is 2.17. The van der Waals surface area contributed by atoms with Gasteiger partial charge in [0, 0.05) is 45.1 Å². The summed E-state index contributed by atoms with van der Waals surface area (Å²) in [5.74, 6) is 1.65. The average Bonchev–Trinajstić information content (AvgIpc) is 2.99. The second-order valence-electron chi connectivity index (χ2n) is 5.98. The van der Waals surface area contributed by atoms with Gasteiger partial charge in [-0.25, -0.2) is 9.78 Å². The van der Waals surface area contributed by atoms with Gasteiger partial charge in [0.05, 0.1) is 6.10 Å². The zero-order valence-corrected chi connectivity index (χ0v) is 12.4. The number of aryl methyl sites for hydroxylation is 1. The number of carbonyl (C=O) groups excluding carboxylic acids is 1. The van der Waals surface area contributed by atoms with Gasteiger partial charge in [0.25, 0.3) is 0 Å². The van der Waals surface area contributed by atoms with Crippen molar-refractivity contribution < 1.29 is 9.53 Å². The molecule has 0 aliphatic carbocycles. The van der Waals surface area contributed by atoms with E-state index in [0.29, 0.717) is 12.5 Å². The first-order valence-corrected chi connectivity index (χ1v) is 7.94. The molecule has 3 heterocycles. The standard InChI is InChI=1S/C15H24N4O2/c20-15(18-10-13-3-1-2-8-21-13)17-9-12-4-5-14-16-6-7-19(14)11-12/h6-7,12-13H,1-5,8-11H2,(H2,17,18,20)/t12-,13+/m1/s1. The molecule has 0 unspecified atom stereocenters. The molecular weight excluding hydrogens is 268 g/mol. The molecule has 2 amide bonds. The van der Waals surface area contributed by atoms with Gasteiger partial charge >= 0.3 is 6.03 Å². The fourth-order valence-corrected chi connectivity index (χ4v) is 3.08. The topological polar surface area (TPSA) is 68.2 Å². The summed E-state index contributed by atoms with van der Waals surface area (Å²) in [4.78, 5) is 16.1. The third-order valence-corrected chi connectivity index (χ3v) is 4.35. The number of carbonyl (C=O) groups is 1. The summed E-state index contributed by atoms with van der Waals surface area (Å²) in [5, 5.41) is 5.89. The molecule has 0 bridgehead atoms. The lowest BCUT2D eigenvalue weighted by atomic mass is 9.99. The monoisotopic (exact) mass is 292 g/mol. The van der Waals surface area contributed by atoms with Gasteiger partial charge in [0.1, 0.15) is 5.82 Å². The molecule has 6 nitrogen and oxygen atoms in total. The molecule has 0 radical (unpaired) electrons. The Bertz CT molecular complexity index is 468. The van der Waals surface area contributed by atoms with Crippen LogP contribution in [0.4, 0.5) is 4.79 Å². The van der Waals surface area contributed by atoms with Gasteiger partial charge in [-0.2, -0.15) is 0 Å². The molecule has 3 rings (SSSR count). The van der Waals surface area contributed by atoms with Crippen molar-refractivity contribution >= 4 is 6.03 Å². The predicted octanol–water partition coefficient (Wildman–Crippen LogP) is 1.31. The molecule has 2 aliphatic heterocycles. The highest BCUT2D eigenvalue weighted by molar-refractivity contribution is 5.73. The van der Waals surface area contributed by atoms with Crippen LogP contribution in [0.1, 0.15) is 31.5 Å². The van der Waals surface area contributed by atoms with E-state index in [2.05, 4.69) is 20.2 Å². The lowest BCUT2D eigenvalue weighted by Crippen LogP contribution is -2.43. The number of ether oxygens (including phenoxy) is 1. The number of amides is 2. The van der Waals surface area contributed by atoms with Gasteiger partial charge in [0.15, 0.2) is 0 Å². The first-order valence-electron chi connectivity index (χ1n) is 7.94. The van der Waals surface area contributed by atoms with Gasteiger partial charge in [-0.15, -0.1) is 0 Å². The molecule has 6 heteroatoms. The SMILES string of the molecule is O=C(NC[C@H]1CCc2nccn2C1)NC[C@@H]1CCCCO1. The Labute approximate surface area is 125 Å². The maximum Gasteiger partial charge on any atom is 0.314 e. The van der Waals surface area contributed by atoms with E-state index in [0.717, 1.165) is 51.2 Å². The Kier molecular flexibility index (Phi) is 4.75. The zero-order valence-electron chi connectivity index (χ0n) is 12.4. The number of fused-ring (bicyclic) bond motifs is 1. The van der Waals surface area contributed by atoms with Crippen molar-refractivity contribution in [3.8, 4) is 0 Å². The molecule has 1 aromatic heterocycles. The molecule has 0 saturated carbocycles. The van der Waals surface area contributed by atoms with E-state index >= 15 is 0 Å². The normalized spacial score (nSPS) is 25.1. The summed E-state index contributed by atoms with van der Waals surface area (Å²) in [7, 11) is 0. The first kappa shape index (κ1) is 14.4. The molecule has 21 heavy (non-hydrogen) atoms. The van der Waals surface area contributed by atoms with Gasteiger partial charge in [-0.3, -0.25) is 0 Å². The van der Waals surface area contributed by atoms with Crippen molar-refractivity contribution in [2.24, 2.45) is 5.92 Å². The summed E-state index contributed by atoms with van der Waals surface area (Å²) in [5.41, 5.74) is 0. The molecule has 0 aromatic carbocycles. The Morgan fingerprint density at radius 2 is 2.24 bits per heavy atom. The van der Waals surface area contributed by atoms with Crippen LogP contribution in [0.15, 0.2) is 12.4 Å². The molecule has 1 saturated heterocycles. The third-order valence-electron chi connectivity index (χ3n) is 4.35. The molecule has 2 aliphatic rings. The molecule has 1 aromatic rings. The van der Waals surface area contributed by atoms with E-state index in [1.807, 2.05) is 12.4 Å². The van der Waals surface area contributed by atoms with Gasteiger partial charge in [-0.05, 0) is 31.6 Å². The Morgan fingerprint density at radius 3 is 3.10 bits per heavy atom. The van der Waals surface area contributed by atoms with Crippen molar-refractivity contribution in [2.75, 3.05) is 19.7 Å². The van der Waals surface area contributed by atoms with Crippen molar-refractivity contribution in [3.05, 3.63) is 18.2 Å². The Hall–Kier alpha value is -1.56. The summed E-state index contributed by atoms with van der Waals surface area (Å²) in [6, 6.07) is -0.0828. The summed E-state index contributed by atoms with van der Waals surface area (Å²) in [6.07, 6.45) is 9.52. The molecule has 2 atom stereocenters. The minimum atomic E-state index is -0.0828. The minimum Gasteiger partial charge on any atom is -0.376 e. The number of rotatable bonds is 4. The van der Waals surface area contributed by atoms with E-state index in [9.17, 15) is 4.79 Å². The van der Waals surface area contributed by atoms with E-state index in [4.69, 9.17) is 4.74 Å². The van der Waals surface area contributed by atoms with Crippen molar-refractivity contribution in [1.82, 2.24) is 20.2 Å². The van der Waals surface area contributed by atoms with Crippen LogP contribution in [-0.2, 0) is 17.7 Å². The molecule has 1 fully saturated rings. The van der Waals surface area contributed by atoms with Crippen LogP contribution in [0.2, 0.25) is 0 Å². The van der Waals surface area contributed by atoms with E-state index in [1.54, 1.807) is 0 Å². The predicted molar refractivity (Wildman–Crippen MR) is 79.0 cm³/mol. The van der Waals surface area contributed by atoms with Crippen LogP contribution in [-0.4, -0.2) is 41.4 Å². The van der Waals surface area contributed by atoms with E-state index < -0.39 is 0 Å². The van der Waals surface area contributed by atoms with Gasteiger partial charge < -0.3 is 19.9 Å². The van der Waals surface area contributed by atoms with Crippen molar-refractivity contribution in [2.45, 2.75) is 44.8 Å². The quantitative estimate of drug-likeness (QED) is 0.879. The Morgan fingerprint density at radius 1 is 1.33 bits per heavy atom. The second kappa shape index (κ2) is 6.93. The van der Waals surface area contributed by atoms with Crippen molar-refractivity contribution in [3.63, 3.8) is 0 Å². The zero-order chi connectivity index (χ0) is 14.5. The highest BCUT2D eigenvalue weighted by Gasteiger charge is 2.19. The van der Waals surface area contributed by atoms with Crippen LogP contribution in [0.3, 0.4) is 0 Å². The largest absolute Gasteiger partial charge is 0.376 e. The number of nitrogens with zero attached hydrogens (tertiary/aromatic N) is 2. The smallest absolute Gasteiger partial charge is 0.314 e. The number of urea groups is 1. The van der Waals surface area contributed by atoms with Crippen LogP contribution < -0.4 is 10.6 Å². The second-order valence-corrected chi connectivity index (χ2v) is 5.98. The summed E-state index contributed by atoms with van der Waals surface area (Å²) >= 11 is 0. The Balaban J connectivity index is 1.34. The maximum atomic E-state index is 11.8. The van der Waals surface area contributed by atoms with E-state index in [-0.39, 0.29) is 12.1 Å². The minimum absolute atomic E-state index is 0.0828. The fourth-order valence-electron chi connectivity index (χ4n) is 3.08. The number of hydrogen-bond donors (Lipinski definition) is 2. The fraction of sp³-hybridized carbons (Fsp3) is 0.733. The van der Waals surface area contributed by atoms with Gasteiger partial charge in [0.2, 0.25) is 0 Å². The maximum absolute atomic E-state index is 11.8. The van der Waals surface area contributed by atoms with Crippen LogP contribution in [0.5, 0.6) is 0 Å². The van der Waals surface area contributed by atoms with Crippen LogP contribution in [0, 0.1) is 5.92 Å². The lowest BCUT2D eigenvalue weighted by molar-refractivity contribution is 0.0184. The number of nitrogens with one attached hydrogen (secondary N) is 2. The molecular formula is C15H24N4O2. The summed E-state index contributed by atoms with van der Waals surface area (Å²) in [6.45, 7) is 3.10. The molecule has 116 valence electrons. The molecule has 0 spiro atoms. The van der Waals surface area contributed by atoms with Crippen molar-refractivity contribution in [1.29, 1.82) is 0 Å². The number of imidazole rings is 1. The van der Waals surface area contributed by atoms with Crippen LogP contribution >= 0.6 is 0 Å². The average molecular weight is 292 g/mol. The van der Waals surface area contributed by atoms with E-state index in [1.165, 1.54) is 6.42 Å². The lowest BCUT2D eigenvalue weighted by Gasteiger charge is -2.25. The van der Waals surface area contributed by atoms with Crippen LogP contribution in [0.25, 0.3) is 0 Å².